The quantitative estimate of drug-likeness (QED) is 0.586. The molecular formula is C24H23ClN2O2. The molecule has 1 heterocycles. The van der Waals surface area contributed by atoms with E-state index >= 15 is 0 Å². The molecule has 5 heteroatoms. The fourth-order valence-corrected chi connectivity index (χ4v) is 3.40. The first kappa shape index (κ1) is 20.6. The second-order valence-electron chi connectivity index (χ2n) is 6.89. The van der Waals surface area contributed by atoms with Gasteiger partial charge < -0.3 is 9.88 Å². The lowest BCUT2D eigenvalue weighted by Gasteiger charge is -2.15. The predicted octanol–water partition coefficient (Wildman–Crippen LogP) is 4.98. The van der Waals surface area contributed by atoms with Crippen molar-refractivity contribution in [1.29, 1.82) is 0 Å². The van der Waals surface area contributed by atoms with Crippen molar-refractivity contribution in [2.24, 2.45) is 7.05 Å². The molecule has 29 heavy (non-hydrogen) atoms. The number of aromatic nitrogens is 1. The second kappa shape index (κ2) is 8.93. The van der Waals surface area contributed by atoms with E-state index in [-0.39, 0.29) is 11.5 Å². The molecule has 0 bridgehead atoms. The zero-order valence-corrected chi connectivity index (χ0v) is 17.3. The van der Waals surface area contributed by atoms with E-state index in [0.717, 1.165) is 27.8 Å². The summed E-state index contributed by atoms with van der Waals surface area (Å²) in [7, 11) is 1.76. The number of rotatable bonds is 6. The molecular weight excluding hydrogens is 384 g/mol. The van der Waals surface area contributed by atoms with E-state index in [4.69, 9.17) is 11.6 Å². The molecule has 3 rings (SSSR count). The van der Waals surface area contributed by atoms with Crippen molar-refractivity contribution in [3.8, 4) is 11.1 Å². The van der Waals surface area contributed by atoms with Crippen LogP contribution < -0.4 is 10.9 Å². The summed E-state index contributed by atoms with van der Waals surface area (Å²) in [5, 5.41) is 3.51. The van der Waals surface area contributed by atoms with Gasteiger partial charge >= 0.3 is 0 Å². The van der Waals surface area contributed by atoms with Crippen molar-refractivity contribution in [3.63, 3.8) is 0 Å². The summed E-state index contributed by atoms with van der Waals surface area (Å²) >= 11 is 6.01. The molecule has 0 saturated carbocycles. The van der Waals surface area contributed by atoms with Gasteiger partial charge in [0.05, 0.1) is 0 Å². The molecule has 148 valence electrons. The van der Waals surface area contributed by atoms with Gasteiger partial charge in [-0.15, -0.1) is 0 Å². The van der Waals surface area contributed by atoms with Crippen LogP contribution in [-0.4, -0.2) is 10.5 Å². The van der Waals surface area contributed by atoms with Crippen molar-refractivity contribution in [2.45, 2.75) is 19.8 Å². The van der Waals surface area contributed by atoms with Crippen molar-refractivity contribution in [1.82, 2.24) is 4.57 Å². The van der Waals surface area contributed by atoms with Crippen LogP contribution in [0.2, 0.25) is 5.02 Å². The Morgan fingerprint density at radius 3 is 2.52 bits per heavy atom. The fourth-order valence-electron chi connectivity index (χ4n) is 3.27. The molecule has 0 atom stereocenters. The maximum absolute atomic E-state index is 12.3. The molecule has 4 nitrogen and oxygen atoms in total. The topological polar surface area (TPSA) is 51.1 Å². The Balaban J connectivity index is 2.12. The summed E-state index contributed by atoms with van der Waals surface area (Å²) in [5.74, 6) is -0.267. The number of amides is 1. The molecule has 1 aromatic heterocycles. The largest absolute Gasteiger partial charge is 0.323 e. The van der Waals surface area contributed by atoms with Gasteiger partial charge in [-0.3, -0.25) is 9.59 Å². The highest BCUT2D eigenvalue weighted by Gasteiger charge is 2.12. The van der Waals surface area contributed by atoms with E-state index in [1.807, 2.05) is 61.7 Å². The van der Waals surface area contributed by atoms with Gasteiger partial charge in [0.15, 0.2) is 0 Å². The molecule has 0 unspecified atom stereocenters. The molecule has 0 spiro atoms. The Morgan fingerprint density at radius 2 is 1.86 bits per heavy atom. The van der Waals surface area contributed by atoms with Gasteiger partial charge in [-0.1, -0.05) is 43.3 Å². The van der Waals surface area contributed by atoms with Gasteiger partial charge in [0.1, 0.15) is 0 Å². The molecule has 0 radical (unpaired) electrons. The van der Waals surface area contributed by atoms with Crippen LogP contribution in [0, 0.1) is 0 Å². The van der Waals surface area contributed by atoms with Gasteiger partial charge in [-0.2, -0.15) is 0 Å². The minimum Gasteiger partial charge on any atom is -0.323 e. The number of carbonyl (C=O) groups excluding carboxylic acids is 1. The third kappa shape index (κ3) is 4.84. The minimum absolute atomic E-state index is 0.00613. The lowest BCUT2D eigenvalue weighted by molar-refractivity contribution is -0.111. The molecule has 0 saturated heterocycles. The minimum atomic E-state index is -0.267. The van der Waals surface area contributed by atoms with E-state index in [0.29, 0.717) is 23.6 Å². The van der Waals surface area contributed by atoms with Crippen LogP contribution in [0.1, 0.15) is 23.6 Å². The van der Waals surface area contributed by atoms with E-state index in [9.17, 15) is 9.59 Å². The Hall–Kier alpha value is -3.11. The maximum atomic E-state index is 12.3. The third-order valence-corrected chi connectivity index (χ3v) is 5.07. The number of nitrogens with one attached hydrogen (secondary N) is 1. The summed E-state index contributed by atoms with van der Waals surface area (Å²) in [5.41, 5.74) is 5.55. The Labute approximate surface area is 175 Å². The molecule has 0 aliphatic heterocycles. The lowest BCUT2D eigenvalue weighted by Crippen LogP contribution is -2.20. The fraction of sp³-hybridized carbons (Fsp3) is 0.167. The van der Waals surface area contributed by atoms with Crippen LogP contribution in [0.15, 0.2) is 72.2 Å². The highest BCUT2D eigenvalue weighted by molar-refractivity contribution is 6.30. The smallest absolute Gasteiger partial charge is 0.253 e. The standard InChI is InChI=1S/C24H23ClN2O2/c1-4-17-13-19(15-27(3)24(17)29)22-14-21(26-23(28)5-2)11-8-18(22)12-16-6-9-20(25)10-7-16/h5-11,13-15H,2,4,12H2,1,3H3,(H,26,28). The van der Waals surface area contributed by atoms with Crippen molar-refractivity contribution >= 4 is 23.2 Å². The van der Waals surface area contributed by atoms with E-state index in [1.165, 1.54) is 6.08 Å². The average molecular weight is 407 g/mol. The number of pyridine rings is 1. The van der Waals surface area contributed by atoms with Gasteiger partial charge in [0, 0.05) is 29.5 Å². The van der Waals surface area contributed by atoms with Crippen LogP contribution in [0.5, 0.6) is 0 Å². The van der Waals surface area contributed by atoms with Gasteiger partial charge in [0.25, 0.3) is 5.56 Å². The summed E-state index contributed by atoms with van der Waals surface area (Å²) in [6.07, 6.45) is 4.43. The first-order valence-corrected chi connectivity index (χ1v) is 9.79. The number of hydrogen-bond donors (Lipinski definition) is 1. The Bertz CT molecular complexity index is 1110. The monoisotopic (exact) mass is 406 g/mol. The predicted molar refractivity (Wildman–Crippen MR) is 120 cm³/mol. The van der Waals surface area contributed by atoms with E-state index in [2.05, 4.69) is 11.9 Å². The van der Waals surface area contributed by atoms with Crippen molar-refractivity contribution in [3.05, 3.63) is 99.4 Å². The summed E-state index contributed by atoms with van der Waals surface area (Å²) in [6, 6.07) is 15.5. The Morgan fingerprint density at radius 1 is 1.14 bits per heavy atom. The zero-order chi connectivity index (χ0) is 21.0. The number of carbonyl (C=O) groups is 1. The van der Waals surface area contributed by atoms with Crippen LogP contribution in [0.25, 0.3) is 11.1 Å². The van der Waals surface area contributed by atoms with Crippen LogP contribution in [0.4, 0.5) is 5.69 Å². The summed E-state index contributed by atoms with van der Waals surface area (Å²) < 4.78 is 1.61. The van der Waals surface area contributed by atoms with Crippen LogP contribution >= 0.6 is 11.6 Å². The van der Waals surface area contributed by atoms with Crippen molar-refractivity contribution < 1.29 is 4.79 Å². The number of aryl methyl sites for hydroxylation is 2. The van der Waals surface area contributed by atoms with Crippen LogP contribution in [0.3, 0.4) is 0 Å². The third-order valence-electron chi connectivity index (χ3n) is 4.82. The summed E-state index contributed by atoms with van der Waals surface area (Å²) in [6.45, 7) is 5.47. The van der Waals surface area contributed by atoms with Gasteiger partial charge in [-0.25, -0.2) is 0 Å². The molecule has 3 aromatic rings. The second-order valence-corrected chi connectivity index (χ2v) is 7.33. The van der Waals surface area contributed by atoms with Gasteiger partial charge in [-0.05, 0) is 71.5 Å². The molecule has 1 amide bonds. The first-order chi connectivity index (χ1) is 13.9. The molecule has 0 aliphatic rings. The highest BCUT2D eigenvalue weighted by atomic mass is 35.5. The van der Waals surface area contributed by atoms with Gasteiger partial charge in [0.2, 0.25) is 5.91 Å². The molecule has 0 fully saturated rings. The number of benzene rings is 2. The molecule has 2 aromatic carbocycles. The number of anilines is 1. The average Bonchev–Trinajstić information content (AvgIpc) is 2.72. The van der Waals surface area contributed by atoms with E-state index < -0.39 is 0 Å². The SMILES string of the molecule is C=CC(=O)Nc1ccc(Cc2ccc(Cl)cc2)c(-c2cc(CC)c(=O)n(C)c2)c1. The lowest BCUT2D eigenvalue weighted by atomic mass is 9.94. The summed E-state index contributed by atoms with van der Waals surface area (Å²) in [4.78, 5) is 24.1. The van der Waals surface area contributed by atoms with Crippen molar-refractivity contribution in [2.75, 3.05) is 5.32 Å². The number of halogens is 1. The number of nitrogens with zero attached hydrogens (tertiary/aromatic N) is 1. The Kier molecular flexibility index (Phi) is 6.35. The molecule has 0 aliphatic carbocycles. The normalized spacial score (nSPS) is 10.6. The van der Waals surface area contributed by atoms with E-state index in [1.54, 1.807) is 11.6 Å². The highest BCUT2D eigenvalue weighted by Crippen LogP contribution is 2.29. The number of hydrogen-bond acceptors (Lipinski definition) is 2. The van der Waals surface area contributed by atoms with Crippen LogP contribution in [-0.2, 0) is 24.7 Å². The maximum Gasteiger partial charge on any atom is 0.253 e. The first-order valence-electron chi connectivity index (χ1n) is 9.42. The zero-order valence-electron chi connectivity index (χ0n) is 16.5. The molecule has 1 N–H and O–H groups in total.